The van der Waals surface area contributed by atoms with Gasteiger partial charge in [-0.1, -0.05) is 18.2 Å². The van der Waals surface area contributed by atoms with Gasteiger partial charge in [-0.15, -0.1) is 0 Å². The van der Waals surface area contributed by atoms with E-state index >= 15 is 0 Å². The van der Waals surface area contributed by atoms with Gasteiger partial charge in [0.2, 0.25) is 0 Å². The fourth-order valence-corrected chi connectivity index (χ4v) is 2.83. The van der Waals surface area contributed by atoms with Crippen molar-refractivity contribution in [3.8, 4) is 0 Å². The molecule has 1 aliphatic rings. The third-order valence-corrected chi connectivity index (χ3v) is 4.01. The molecule has 0 atom stereocenters. The molecule has 112 valence electrons. The number of benzene rings is 2. The minimum Gasteiger partial charge on any atom is -0.355 e. The van der Waals surface area contributed by atoms with Crippen LogP contribution in [0.1, 0.15) is 38.3 Å². The van der Waals surface area contributed by atoms with Gasteiger partial charge < -0.3 is 10.6 Å². The van der Waals surface area contributed by atoms with Crippen LogP contribution in [0, 0.1) is 0 Å². The second-order valence-electron chi connectivity index (χ2n) is 5.42. The maximum Gasteiger partial charge on any atom is 0.255 e. The summed E-state index contributed by atoms with van der Waals surface area (Å²) in [6.07, 6.45) is 3.28. The minimum atomic E-state index is -0.218. The van der Waals surface area contributed by atoms with Crippen LogP contribution in [0.25, 0.3) is 0 Å². The fourth-order valence-electron chi connectivity index (χ4n) is 2.83. The van der Waals surface area contributed by atoms with E-state index in [0.717, 1.165) is 19.3 Å². The number of fused-ring (bicyclic) bond motifs is 1. The number of nitrogens with one attached hydrogen (secondary N) is 2. The summed E-state index contributed by atoms with van der Waals surface area (Å²) in [7, 11) is 1.57. The van der Waals surface area contributed by atoms with Crippen LogP contribution in [0.5, 0.6) is 0 Å². The molecule has 0 saturated heterocycles. The summed E-state index contributed by atoms with van der Waals surface area (Å²) in [6.45, 7) is 0. The van der Waals surface area contributed by atoms with Gasteiger partial charge in [0.15, 0.2) is 0 Å². The fraction of sp³-hybridized carbons (Fsp3) is 0.222. The monoisotopic (exact) mass is 294 g/mol. The summed E-state index contributed by atoms with van der Waals surface area (Å²) in [4.78, 5) is 24.3. The Morgan fingerprint density at radius 1 is 0.955 bits per heavy atom. The van der Waals surface area contributed by atoms with Gasteiger partial charge in [-0.3, -0.25) is 9.59 Å². The number of hydrogen-bond donors (Lipinski definition) is 2. The van der Waals surface area contributed by atoms with Crippen molar-refractivity contribution in [3.63, 3.8) is 0 Å². The Morgan fingerprint density at radius 2 is 1.73 bits per heavy atom. The molecule has 0 bridgehead atoms. The molecular weight excluding hydrogens is 276 g/mol. The van der Waals surface area contributed by atoms with Gasteiger partial charge in [0.25, 0.3) is 11.8 Å². The number of carbonyl (C=O) groups is 2. The topological polar surface area (TPSA) is 58.2 Å². The zero-order chi connectivity index (χ0) is 15.5. The summed E-state index contributed by atoms with van der Waals surface area (Å²) >= 11 is 0. The quantitative estimate of drug-likeness (QED) is 0.914. The molecule has 0 heterocycles. The smallest absolute Gasteiger partial charge is 0.255 e. The van der Waals surface area contributed by atoms with Gasteiger partial charge in [-0.2, -0.15) is 0 Å². The van der Waals surface area contributed by atoms with Crippen LogP contribution in [-0.4, -0.2) is 18.9 Å². The number of rotatable bonds is 3. The SMILES string of the molecule is CNC(=O)c1ccccc1NC(=O)c1ccc2c(c1)CCC2. The Hall–Kier alpha value is -2.62. The Kier molecular flexibility index (Phi) is 3.92. The van der Waals surface area contributed by atoms with E-state index < -0.39 is 0 Å². The summed E-state index contributed by atoms with van der Waals surface area (Å²) < 4.78 is 0. The molecule has 2 aromatic rings. The van der Waals surface area contributed by atoms with Gasteiger partial charge >= 0.3 is 0 Å². The van der Waals surface area contributed by atoms with Crippen molar-refractivity contribution in [1.82, 2.24) is 5.32 Å². The first-order chi connectivity index (χ1) is 10.7. The Morgan fingerprint density at radius 3 is 2.55 bits per heavy atom. The second kappa shape index (κ2) is 6.02. The molecule has 3 rings (SSSR count). The lowest BCUT2D eigenvalue weighted by Crippen LogP contribution is -2.21. The second-order valence-corrected chi connectivity index (χ2v) is 5.42. The van der Waals surface area contributed by atoms with Crippen molar-refractivity contribution in [2.45, 2.75) is 19.3 Å². The van der Waals surface area contributed by atoms with E-state index in [0.29, 0.717) is 16.8 Å². The van der Waals surface area contributed by atoms with Gasteiger partial charge in [0, 0.05) is 12.6 Å². The number of carbonyl (C=O) groups excluding carboxylic acids is 2. The van der Waals surface area contributed by atoms with E-state index in [1.807, 2.05) is 18.2 Å². The number of amides is 2. The van der Waals surface area contributed by atoms with E-state index in [1.54, 1.807) is 31.3 Å². The zero-order valence-corrected chi connectivity index (χ0v) is 12.5. The highest BCUT2D eigenvalue weighted by atomic mass is 16.2. The number of hydrogen-bond acceptors (Lipinski definition) is 2. The molecule has 1 aliphatic carbocycles. The van der Waals surface area contributed by atoms with Crippen LogP contribution in [0.2, 0.25) is 0 Å². The average molecular weight is 294 g/mol. The molecule has 2 amide bonds. The third-order valence-electron chi connectivity index (χ3n) is 4.01. The highest BCUT2D eigenvalue weighted by Crippen LogP contribution is 2.23. The molecule has 0 spiro atoms. The van der Waals surface area contributed by atoms with Crippen LogP contribution in [0.15, 0.2) is 42.5 Å². The van der Waals surface area contributed by atoms with Crippen LogP contribution in [-0.2, 0) is 12.8 Å². The van der Waals surface area contributed by atoms with Crippen molar-refractivity contribution < 1.29 is 9.59 Å². The molecule has 4 heteroatoms. The highest BCUT2D eigenvalue weighted by Gasteiger charge is 2.16. The largest absolute Gasteiger partial charge is 0.355 e. The zero-order valence-electron chi connectivity index (χ0n) is 12.5. The molecule has 0 radical (unpaired) electrons. The summed E-state index contributed by atoms with van der Waals surface area (Å²) in [6, 6.07) is 12.8. The Labute approximate surface area is 129 Å². The van der Waals surface area contributed by atoms with E-state index in [1.165, 1.54) is 11.1 Å². The first-order valence-corrected chi connectivity index (χ1v) is 7.43. The first-order valence-electron chi connectivity index (χ1n) is 7.43. The van der Waals surface area contributed by atoms with Crippen LogP contribution >= 0.6 is 0 Å². The van der Waals surface area contributed by atoms with Crippen molar-refractivity contribution >= 4 is 17.5 Å². The first kappa shape index (κ1) is 14.3. The molecule has 0 unspecified atom stereocenters. The molecule has 0 aromatic heterocycles. The normalized spacial score (nSPS) is 12.6. The molecule has 0 fully saturated rings. The van der Waals surface area contributed by atoms with E-state index in [4.69, 9.17) is 0 Å². The van der Waals surface area contributed by atoms with Crippen LogP contribution < -0.4 is 10.6 Å². The lowest BCUT2D eigenvalue weighted by Gasteiger charge is -2.11. The van der Waals surface area contributed by atoms with Crippen molar-refractivity contribution in [1.29, 1.82) is 0 Å². The van der Waals surface area contributed by atoms with Gasteiger partial charge in [-0.25, -0.2) is 0 Å². The van der Waals surface area contributed by atoms with E-state index in [2.05, 4.69) is 10.6 Å². The number of aryl methyl sites for hydroxylation is 2. The third kappa shape index (κ3) is 2.72. The molecular formula is C18H18N2O2. The van der Waals surface area contributed by atoms with Gasteiger partial charge in [-0.05, 0) is 54.7 Å². The predicted octanol–water partition coefficient (Wildman–Crippen LogP) is 2.79. The minimum absolute atomic E-state index is 0.189. The highest BCUT2D eigenvalue weighted by molar-refractivity contribution is 6.09. The Bertz CT molecular complexity index is 738. The molecule has 22 heavy (non-hydrogen) atoms. The van der Waals surface area contributed by atoms with Gasteiger partial charge in [0.05, 0.1) is 11.3 Å². The van der Waals surface area contributed by atoms with Crippen molar-refractivity contribution in [3.05, 3.63) is 64.7 Å². The summed E-state index contributed by atoms with van der Waals surface area (Å²) in [5.41, 5.74) is 4.20. The lowest BCUT2D eigenvalue weighted by atomic mass is 10.1. The average Bonchev–Trinajstić information content (AvgIpc) is 3.02. The standard InChI is InChI=1S/C18H18N2O2/c1-19-18(22)15-7-2-3-8-16(15)20-17(21)14-10-9-12-5-4-6-13(12)11-14/h2-3,7-11H,4-6H2,1H3,(H,19,22)(H,20,21). The van der Waals surface area contributed by atoms with Crippen molar-refractivity contribution in [2.24, 2.45) is 0 Å². The number of para-hydroxylation sites is 1. The Balaban J connectivity index is 1.84. The lowest BCUT2D eigenvalue weighted by molar-refractivity contribution is 0.0964. The van der Waals surface area contributed by atoms with Crippen LogP contribution in [0.4, 0.5) is 5.69 Å². The van der Waals surface area contributed by atoms with Crippen LogP contribution in [0.3, 0.4) is 0 Å². The molecule has 4 nitrogen and oxygen atoms in total. The predicted molar refractivity (Wildman–Crippen MR) is 86.3 cm³/mol. The molecule has 0 aliphatic heterocycles. The maximum atomic E-state index is 12.4. The summed E-state index contributed by atoms with van der Waals surface area (Å²) in [5.74, 6) is -0.407. The molecule has 0 saturated carbocycles. The molecule has 2 N–H and O–H groups in total. The maximum absolute atomic E-state index is 12.4. The summed E-state index contributed by atoms with van der Waals surface area (Å²) in [5, 5.41) is 5.41. The number of anilines is 1. The van der Waals surface area contributed by atoms with Gasteiger partial charge in [0.1, 0.15) is 0 Å². The van der Waals surface area contributed by atoms with Crippen molar-refractivity contribution in [2.75, 3.05) is 12.4 Å². The van der Waals surface area contributed by atoms with E-state index in [9.17, 15) is 9.59 Å². The van der Waals surface area contributed by atoms with E-state index in [-0.39, 0.29) is 11.8 Å². The molecule has 2 aromatic carbocycles.